The van der Waals surface area contributed by atoms with Crippen LogP contribution in [0.1, 0.15) is 28.3 Å². The quantitative estimate of drug-likeness (QED) is 0.773. The molecule has 104 valence electrons. The third-order valence-electron chi connectivity index (χ3n) is 3.93. The standard InChI is InChI=1S/C14H17N5O/c1-7-9(3)19(5-11-8(2)18-20-10(11)4)14-12(7)13(15)16-6-17-14/h6H,5H2,1-4H3,(H2,15,16,17). The number of nitrogen functional groups attached to an aromatic ring is 1. The van der Waals surface area contributed by atoms with E-state index in [4.69, 9.17) is 10.3 Å². The molecule has 0 saturated carbocycles. The number of aryl methyl sites for hydroxylation is 3. The van der Waals surface area contributed by atoms with E-state index in [1.807, 2.05) is 20.8 Å². The van der Waals surface area contributed by atoms with Gasteiger partial charge in [-0.2, -0.15) is 0 Å². The first kappa shape index (κ1) is 12.7. The lowest BCUT2D eigenvalue weighted by atomic mass is 10.2. The van der Waals surface area contributed by atoms with Crippen LogP contribution in [-0.4, -0.2) is 19.7 Å². The molecule has 3 aromatic heterocycles. The van der Waals surface area contributed by atoms with E-state index in [2.05, 4.69) is 26.6 Å². The van der Waals surface area contributed by atoms with Crippen molar-refractivity contribution in [2.24, 2.45) is 0 Å². The van der Waals surface area contributed by atoms with Gasteiger partial charge in [-0.15, -0.1) is 0 Å². The molecule has 0 bridgehead atoms. The number of rotatable bonds is 2. The lowest BCUT2D eigenvalue weighted by Crippen LogP contribution is -2.05. The van der Waals surface area contributed by atoms with Crippen molar-refractivity contribution in [3.05, 3.63) is 34.6 Å². The molecule has 3 rings (SSSR count). The summed E-state index contributed by atoms with van der Waals surface area (Å²) >= 11 is 0. The molecule has 0 aromatic carbocycles. The molecule has 3 heterocycles. The minimum Gasteiger partial charge on any atom is -0.383 e. The molecule has 0 spiro atoms. The van der Waals surface area contributed by atoms with Crippen LogP contribution in [0.4, 0.5) is 5.82 Å². The summed E-state index contributed by atoms with van der Waals surface area (Å²) in [5.41, 5.74) is 11.1. The van der Waals surface area contributed by atoms with E-state index < -0.39 is 0 Å². The van der Waals surface area contributed by atoms with Crippen LogP contribution in [0.2, 0.25) is 0 Å². The average molecular weight is 271 g/mol. The normalized spacial score (nSPS) is 11.4. The molecule has 6 nitrogen and oxygen atoms in total. The maximum absolute atomic E-state index is 5.98. The second kappa shape index (κ2) is 4.33. The Morgan fingerprint density at radius 1 is 1.20 bits per heavy atom. The van der Waals surface area contributed by atoms with E-state index in [-0.39, 0.29) is 0 Å². The molecule has 0 aliphatic heterocycles. The molecule has 0 fully saturated rings. The van der Waals surface area contributed by atoms with E-state index in [1.165, 1.54) is 6.33 Å². The van der Waals surface area contributed by atoms with Gasteiger partial charge in [0.2, 0.25) is 0 Å². The van der Waals surface area contributed by atoms with E-state index in [0.717, 1.165) is 39.3 Å². The molecule has 0 unspecified atom stereocenters. The van der Waals surface area contributed by atoms with Gasteiger partial charge >= 0.3 is 0 Å². The zero-order chi connectivity index (χ0) is 14.4. The van der Waals surface area contributed by atoms with Gasteiger partial charge in [0.25, 0.3) is 0 Å². The van der Waals surface area contributed by atoms with E-state index >= 15 is 0 Å². The number of hydrogen-bond donors (Lipinski definition) is 1. The second-order valence-corrected chi connectivity index (χ2v) is 5.06. The number of nitrogens with zero attached hydrogens (tertiary/aromatic N) is 4. The summed E-state index contributed by atoms with van der Waals surface area (Å²) in [5.74, 6) is 1.36. The van der Waals surface area contributed by atoms with Crippen LogP contribution in [0.15, 0.2) is 10.9 Å². The third kappa shape index (κ3) is 1.68. The highest BCUT2D eigenvalue weighted by molar-refractivity contribution is 5.90. The predicted octanol–water partition coefficient (Wildman–Crippen LogP) is 2.28. The molecule has 0 saturated heterocycles. The Hall–Kier alpha value is -2.37. The Balaban J connectivity index is 2.22. The summed E-state index contributed by atoms with van der Waals surface area (Å²) in [6.45, 7) is 8.65. The largest absolute Gasteiger partial charge is 0.383 e. The first-order valence-electron chi connectivity index (χ1n) is 6.48. The minimum absolute atomic E-state index is 0.521. The summed E-state index contributed by atoms with van der Waals surface area (Å²) < 4.78 is 7.36. The van der Waals surface area contributed by atoms with Crippen molar-refractivity contribution in [1.29, 1.82) is 0 Å². The number of hydrogen-bond acceptors (Lipinski definition) is 5. The molecule has 0 aliphatic carbocycles. The van der Waals surface area contributed by atoms with E-state index in [0.29, 0.717) is 12.4 Å². The Bertz CT molecular complexity index is 780. The number of nitrogens with two attached hydrogens (primary N) is 1. The topological polar surface area (TPSA) is 82.8 Å². The molecule has 0 radical (unpaired) electrons. The Morgan fingerprint density at radius 3 is 2.60 bits per heavy atom. The summed E-state index contributed by atoms with van der Waals surface area (Å²) in [7, 11) is 0. The van der Waals surface area contributed by atoms with Crippen molar-refractivity contribution in [3.8, 4) is 0 Å². The molecular weight excluding hydrogens is 254 g/mol. The highest BCUT2D eigenvalue weighted by Gasteiger charge is 2.18. The summed E-state index contributed by atoms with van der Waals surface area (Å²) in [4.78, 5) is 8.46. The van der Waals surface area contributed by atoms with Crippen LogP contribution in [0, 0.1) is 27.7 Å². The van der Waals surface area contributed by atoms with Gasteiger partial charge in [0, 0.05) is 11.3 Å². The van der Waals surface area contributed by atoms with Crippen molar-refractivity contribution in [1.82, 2.24) is 19.7 Å². The van der Waals surface area contributed by atoms with Gasteiger partial charge in [-0.3, -0.25) is 0 Å². The molecular formula is C14H17N5O. The first-order valence-corrected chi connectivity index (χ1v) is 6.48. The van der Waals surface area contributed by atoms with Gasteiger partial charge in [-0.25, -0.2) is 9.97 Å². The maximum atomic E-state index is 5.98. The summed E-state index contributed by atoms with van der Waals surface area (Å²) in [6.07, 6.45) is 1.50. The van der Waals surface area contributed by atoms with Crippen LogP contribution < -0.4 is 5.73 Å². The molecule has 6 heteroatoms. The summed E-state index contributed by atoms with van der Waals surface area (Å²) in [5, 5.41) is 4.93. The second-order valence-electron chi connectivity index (χ2n) is 5.06. The van der Waals surface area contributed by atoms with Crippen LogP contribution in [0.3, 0.4) is 0 Å². The fourth-order valence-corrected chi connectivity index (χ4v) is 2.58. The highest BCUT2D eigenvalue weighted by atomic mass is 16.5. The number of fused-ring (bicyclic) bond motifs is 1. The van der Waals surface area contributed by atoms with Gasteiger partial charge < -0.3 is 14.8 Å². The Labute approximate surface area is 116 Å². The van der Waals surface area contributed by atoms with Gasteiger partial charge in [0.1, 0.15) is 23.6 Å². The smallest absolute Gasteiger partial charge is 0.146 e. The molecule has 3 aromatic rings. The van der Waals surface area contributed by atoms with Gasteiger partial charge in [0.15, 0.2) is 0 Å². The molecule has 20 heavy (non-hydrogen) atoms. The van der Waals surface area contributed by atoms with Crippen molar-refractivity contribution in [2.45, 2.75) is 34.2 Å². The van der Waals surface area contributed by atoms with Gasteiger partial charge in [-0.05, 0) is 33.3 Å². The lowest BCUT2D eigenvalue weighted by molar-refractivity contribution is 0.392. The number of aromatic nitrogens is 4. The van der Waals surface area contributed by atoms with Gasteiger partial charge in [-0.1, -0.05) is 5.16 Å². The van der Waals surface area contributed by atoms with Crippen molar-refractivity contribution >= 4 is 16.9 Å². The molecule has 0 atom stereocenters. The van der Waals surface area contributed by atoms with Crippen molar-refractivity contribution in [3.63, 3.8) is 0 Å². The first-order chi connectivity index (χ1) is 9.50. The number of anilines is 1. The average Bonchev–Trinajstić information content (AvgIpc) is 2.85. The van der Waals surface area contributed by atoms with E-state index in [9.17, 15) is 0 Å². The van der Waals surface area contributed by atoms with Crippen LogP contribution in [0.5, 0.6) is 0 Å². The van der Waals surface area contributed by atoms with E-state index in [1.54, 1.807) is 0 Å². The maximum Gasteiger partial charge on any atom is 0.146 e. The predicted molar refractivity (Wildman–Crippen MR) is 76.5 cm³/mol. The SMILES string of the molecule is Cc1noc(C)c1Cn1c(C)c(C)c2c(N)ncnc21. The monoisotopic (exact) mass is 271 g/mol. The molecule has 0 aliphatic rings. The minimum atomic E-state index is 0.521. The Kier molecular flexibility index (Phi) is 2.74. The van der Waals surface area contributed by atoms with Crippen LogP contribution in [-0.2, 0) is 6.54 Å². The Morgan fingerprint density at radius 2 is 1.95 bits per heavy atom. The molecule has 0 amide bonds. The van der Waals surface area contributed by atoms with Crippen molar-refractivity contribution in [2.75, 3.05) is 5.73 Å². The zero-order valence-corrected chi connectivity index (χ0v) is 12.1. The zero-order valence-electron chi connectivity index (χ0n) is 12.1. The van der Waals surface area contributed by atoms with Gasteiger partial charge in [0.05, 0.1) is 17.6 Å². The van der Waals surface area contributed by atoms with Crippen LogP contribution in [0.25, 0.3) is 11.0 Å². The lowest BCUT2D eigenvalue weighted by Gasteiger charge is -2.07. The summed E-state index contributed by atoms with van der Waals surface area (Å²) in [6, 6.07) is 0. The van der Waals surface area contributed by atoms with Crippen molar-refractivity contribution < 1.29 is 4.52 Å². The highest BCUT2D eigenvalue weighted by Crippen LogP contribution is 2.28. The fourth-order valence-electron chi connectivity index (χ4n) is 2.58. The fraction of sp³-hybridized carbons (Fsp3) is 0.357. The van der Waals surface area contributed by atoms with Crippen LogP contribution >= 0.6 is 0 Å². The third-order valence-corrected chi connectivity index (χ3v) is 3.93. The molecule has 2 N–H and O–H groups in total.